The third-order valence-corrected chi connectivity index (χ3v) is 5.89. The lowest BCUT2D eigenvalue weighted by atomic mass is 9.60. The van der Waals surface area contributed by atoms with Crippen LogP contribution in [0.4, 0.5) is 13.2 Å². The third-order valence-electron chi connectivity index (χ3n) is 5.89. The number of alkyl halides is 3. The van der Waals surface area contributed by atoms with Gasteiger partial charge in [0.05, 0.1) is 11.3 Å². The summed E-state index contributed by atoms with van der Waals surface area (Å²) in [5, 5.41) is 20.4. The molecule has 0 spiro atoms. The highest BCUT2D eigenvalue weighted by Gasteiger charge is 2.55. The van der Waals surface area contributed by atoms with Crippen LogP contribution in [0.5, 0.6) is 11.5 Å². The van der Waals surface area contributed by atoms with E-state index in [9.17, 15) is 23.4 Å². The van der Waals surface area contributed by atoms with Crippen LogP contribution in [-0.2, 0) is 5.41 Å². The molecule has 154 valence electrons. The van der Waals surface area contributed by atoms with Crippen molar-refractivity contribution in [1.82, 2.24) is 0 Å². The molecule has 0 amide bonds. The topological polar surface area (TPSA) is 40.5 Å². The van der Waals surface area contributed by atoms with Gasteiger partial charge in [0.15, 0.2) is 0 Å². The summed E-state index contributed by atoms with van der Waals surface area (Å²) in [6.07, 6.45) is 0.253. The van der Waals surface area contributed by atoms with Gasteiger partial charge in [0.1, 0.15) is 11.5 Å². The predicted molar refractivity (Wildman–Crippen MR) is 108 cm³/mol. The Labute approximate surface area is 169 Å². The van der Waals surface area contributed by atoms with Crippen LogP contribution in [-0.4, -0.2) is 16.4 Å². The number of hydrogen-bond donors (Lipinski definition) is 2. The van der Waals surface area contributed by atoms with Crippen molar-refractivity contribution in [2.24, 2.45) is 5.92 Å². The van der Waals surface area contributed by atoms with Crippen molar-refractivity contribution in [1.29, 1.82) is 0 Å². The molecule has 2 nitrogen and oxygen atoms in total. The molecule has 0 aromatic heterocycles. The molecule has 0 heterocycles. The largest absolute Gasteiger partial charge is 0.507 e. The van der Waals surface area contributed by atoms with Gasteiger partial charge in [-0.05, 0) is 68.0 Å². The summed E-state index contributed by atoms with van der Waals surface area (Å²) in [6, 6.07) is 6.51. The number of phenols is 2. The molecule has 1 unspecified atom stereocenters. The lowest BCUT2D eigenvalue weighted by Crippen LogP contribution is -2.45. The average molecular weight is 402 g/mol. The van der Waals surface area contributed by atoms with Crippen molar-refractivity contribution in [2.75, 3.05) is 0 Å². The molecule has 29 heavy (non-hydrogen) atoms. The number of halogens is 3. The summed E-state index contributed by atoms with van der Waals surface area (Å²) in [6.45, 7) is 8.24. The van der Waals surface area contributed by atoms with E-state index in [1.165, 1.54) is 13.0 Å². The zero-order valence-electron chi connectivity index (χ0n) is 17.1. The summed E-state index contributed by atoms with van der Waals surface area (Å²) >= 11 is 0. The van der Waals surface area contributed by atoms with Crippen molar-refractivity contribution < 1.29 is 23.4 Å². The standard InChI is InChI=1S/C24H25F3O2/c1-13-7-6-8-23(22(13)24(25,26)27,18-9-14(2)20(28)15(3)10-18)19-11-16(4)21(29)17(5)12-19/h6-12,22,28-29H,1-5H3. The lowest BCUT2D eigenvalue weighted by Gasteiger charge is -2.43. The highest BCUT2D eigenvalue weighted by molar-refractivity contribution is 5.58. The Hall–Kier alpha value is -2.69. The van der Waals surface area contributed by atoms with E-state index in [2.05, 4.69) is 0 Å². The number of aromatic hydroxyl groups is 2. The number of rotatable bonds is 2. The molecule has 0 fully saturated rings. The van der Waals surface area contributed by atoms with Gasteiger partial charge >= 0.3 is 6.18 Å². The minimum Gasteiger partial charge on any atom is -0.507 e. The first-order valence-corrected chi connectivity index (χ1v) is 9.43. The molecular formula is C24H25F3O2. The number of aryl methyl sites for hydroxylation is 4. The molecule has 3 rings (SSSR count). The van der Waals surface area contributed by atoms with Crippen molar-refractivity contribution in [3.63, 3.8) is 0 Å². The van der Waals surface area contributed by atoms with Crippen LogP contribution in [0.15, 0.2) is 48.1 Å². The number of phenolic OH excluding ortho intramolecular Hbond substituents is 2. The van der Waals surface area contributed by atoms with E-state index in [0.717, 1.165) is 0 Å². The maximum absolute atomic E-state index is 14.4. The summed E-state index contributed by atoms with van der Waals surface area (Å²) in [7, 11) is 0. The fourth-order valence-electron chi connectivity index (χ4n) is 4.50. The lowest BCUT2D eigenvalue weighted by molar-refractivity contribution is -0.174. The Morgan fingerprint density at radius 3 is 1.48 bits per heavy atom. The Balaban J connectivity index is 2.46. The molecule has 0 saturated carbocycles. The van der Waals surface area contributed by atoms with Crippen molar-refractivity contribution in [3.8, 4) is 11.5 Å². The molecule has 2 N–H and O–H groups in total. The van der Waals surface area contributed by atoms with Crippen LogP contribution in [0.3, 0.4) is 0 Å². The van der Waals surface area contributed by atoms with Crippen molar-refractivity contribution in [3.05, 3.63) is 81.4 Å². The van der Waals surface area contributed by atoms with Gasteiger partial charge in [-0.15, -0.1) is 0 Å². The highest BCUT2D eigenvalue weighted by Crippen LogP contribution is 2.54. The molecule has 2 aromatic rings. The second kappa shape index (κ2) is 6.97. The molecule has 0 saturated heterocycles. The van der Waals surface area contributed by atoms with Crippen molar-refractivity contribution >= 4 is 0 Å². The van der Waals surface area contributed by atoms with Gasteiger partial charge in [0.2, 0.25) is 0 Å². The van der Waals surface area contributed by atoms with Crippen LogP contribution >= 0.6 is 0 Å². The van der Waals surface area contributed by atoms with Crippen LogP contribution in [0.2, 0.25) is 0 Å². The van der Waals surface area contributed by atoms with E-state index in [1.807, 2.05) is 0 Å². The first-order chi connectivity index (χ1) is 13.4. The molecular weight excluding hydrogens is 377 g/mol. The summed E-state index contributed by atoms with van der Waals surface area (Å²) < 4.78 is 43.3. The van der Waals surface area contributed by atoms with Gasteiger partial charge in [-0.25, -0.2) is 0 Å². The summed E-state index contributed by atoms with van der Waals surface area (Å²) in [5.41, 5.74) is 1.71. The van der Waals surface area contributed by atoms with Crippen LogP contribution in [0, 0.1) is 33.6 Å². The van der Waals surface area contributed by atoms with E-state index in [1.54, 1.807) is 64.1 Å². The summed E-state index contributed by atoms with van der Waals surface area (Å²) in [4.78, 5) is 0. The molecule has 0 bridgehead atoms. The van der Waals surface area contributed by atoms with Crippen molar-refractivity contribution in [2.45, 2.75) is 46.2 Å². The van der Waals surface area contributed by atoms with Gasteiger partial charge in [0, 0.05) is 0 Å². The highest BCUT2D eigenvalue weighted by atomic mass is 19.4. The molecule has 5 heteroatoms. The van der Waals surface area contributed by atoms with Gasteiger partial charge < -0.3 is 10.2 Å². The third kappa shape index (κ3) is 3.33. The maximum atomic E-state index is 14.4. The quantitative estimate of drug-likeness (QED) is 0.618. The Kier molecular flexibility index (Phi) is 5.06. The smallest absolute Gasteiger partial charge is 0.396 e. The van der Waals surface area contributed by atoms with Crippen LogP contribution in [0.25, 0.3) is 0 Å². The maximum Gasteiger partial charge on any atom is 0.396 e. The van der Waals surface area contributed by atoms with E-state index in [0.29, 0.717) is 33.4 Å². The number of hydrogen-bond acceptors (Lipinski definition) is 2. The first kappa shape index (κ1) is 21.0. The van der Waals surface area contributed by atoms with E-state index in [-0.39, 0.29) is 17.1 Å². The van der Waals surface area contributed by atoms with Gasteiger partial charge in [-0.2, -0.15) is 13.2 Å². The monoisotopic (exact) mass is 402 g/mol. The molecule has 1 aliphatic carbocycles. The second-order valence-corrected chi connectivity index (χ2v) is 8.03. The average Bonchev–Trinajstić information content (AvgIpc) is 2.61. The SMILES string of the molecule is CC1=CC=CC(c2cc(C)c(O)c(C)c2)(c2cc(C)c(O)c(C)c2)C1C(F)(F)F. The second-order valence-electron chi connectivity index (χ2n) is 8.03. The fraction of sp³-hybridized carbons (Fsp3) is 0.333. The van der Waals surface area contributed by atoms with Gasteiger partial charge in [-0.1, -0.05) is 48.1 Å². The number of benzene rings is 2. The molecule has 1 atom stereocenters. The minimum absolute atomic E-state index is 0.0811. The fourth-order valence-corrected chi connectivity index (χ4v) is 4.50. The molecule has 0 radical (unpaired) electrons. The van der Waals surface area contributed by atoms with E-state index in [4.69, 9.17) is 0 Å². The first-order valence-electron chi connectivity index (χ1n) is 9.43. The van der Waals surface area contributed by atoms with Crippen LogP contribution < -0.4 is 0 Å². The normalized spacial score (nSPS) is 18.6. The predicted octanol–water partition coefficient (Wildman–Crippen LogP) is 6.31. The molecule has 0 aliphatic heterocycles. The molecule has 1 aliphatic rings. The van der Waals surface area contributed by atoms with Gasteiger partial charge in [0.25, 0.3) is 0 Å². The van der Waals surface area contributed by atoms with E-state index >= 15 is 0 Å². The zero-order valence-corrected chi connectivity index (χ0v) is 17.1. The Morgan fingerprint density at radius 2 is 1.14 bits per heavy atom. The van der Waals surface area contributed by atoms with E-state index < -0.39 is 17.5 Å². The summed E-state index contributed by atoms with van der Waals surface area (Å²) in [5.74, 6) is -1.61. The van der Waals surface area contributed by atoms with Crippen LogP contribution in [0.1, 0.15) is 40.3 Å². The zero-order chi connectivity index (χ0) is 21.7. The number of allylic oxidation sites excluding steroid dienone is 4. The Bertz CT molecular complexity index is 925. The van der Waals surface area contributed by atoms with Gasteiger partial charge in [-0.3, -0.25) is 0 Å². The Morgan fingerprint density at radius 1 is 0.759 bits per heavy atom. The molecule has 2 aromatic carbocycles. The minimum atomic E-state index is -4.50.